The van der Waals surface area contributed by atoms with Gasteiger partial charge in [0.1, 0.15) is 0 Å². The molecule has 0 amide bonds. The van der Waals surface area contributed by atoms with Crippen LogP contribution in [0.5, 0.6) is 5.75 Å². The van der Waals surface area contributed by atoms with Crippen LogP contribution in [0.15, 0.2) is 67.3 Å². The number of ether oxygens (including phenoxy) is 1. The zero-order valence-electron chi connectivity index (χ0n) is 25.1. The van der Waals surface area contributed by atoms with E-state index in [4.69, 9.17) is 4.74 Å². The molecule has 2 aliphatic carbocycles. The molecule has 3 aromatic carbocycles. The maximum Gasteiger partial charge on any atom is 0.201 e. The van der Waals surface area contributed by atoms with E-state index in [0.29, 0.717) is 41.1 Å². The van der Waals surface area contributed by atoms with Crippen molar-refractivity contribution in [3.63, 3.8) is 0 Å². The molecule has 0 aromatic heterocycles. The Bertz CT molecular complexity index is 1430. The predicted octanol–water partition coefficient (Wildman–Crippen LogP) is 11.7. The standard InChI is InChI=1S/C38H42F4O/c1-3-5-6-7-24-43-34-23-22-33(37(41)38(34)42)30-18-16-29(17-19-30)32-21-20-31(35(39)36(32)40)28-14-12-27(13-15-28)26-10-8-25(4-2)9-11-26/h4,14,16-23,25-27H,2-3,5-13,15,24H2,1H3. The van der Waals surface area contributed by atoms with Gasteiger partial charge in [-0.15, -0.1) is 6.58 Å². The Hall–Kier alpha value is -3.34. The monoisotopic (exact) mass is 590 g/mol. The number of benzene rings is 3. The maximum atomic E-state index is 15.4. The van der Waals surface area contributed by atoms with Crippen molar-refractivity contribution in [3.05, 3.63) is 96.1 Å². The van der Waals surface area contributed by atoms with Crippen molar-refractivity contribution in [2.45, 2.75) is 77.6 Å². The summed E-state index contributed by atoms with van der Waals surface area (Å²) in [7, 11) is 0. The third-order valence-electron chi connectivity index (χ3n) is 9.51. The SMILES string of the molecule is C=CC1CCC(C2CC=C(c3ccc(-c4ccc(-c5ccc(OCCCCCC)c(F)c5F)cc4)c(F)c3F)CC2)CC1. The van der Waals surface area contributed by atoms with Gasteiger partial charge in [-0.05, 0) is 98.0 Å². The molecule has 0 heterocycles. The lowest BCUT2D eigenvalue weighted by Gasteiger charge is -2.34. The fourth-order valence-electron chi connectivity index (χ4n) is 6.81. The highest BCUT2D eigenvalue weighted by Gasteiger charge is 2.29. The van der Waals surface area contributed by atoms with Crippen molar-refractivity contribution in [1.82, 2.24) is 0 Å². The minimum atomic E-state index is -1.02. The highest BCUT2D eigenvalue weighted by atomic mass is 19.2. The zero-order valence-corrected chi connectivity index (χ0v) is 25.1. The van der Waals surface area contributed by atoms with Gasteiger partial charge in [-0.25, -0.2) is 13.2 Å². The summed E-state index contributed by atoms with van der Waals surface area (Å²) in [4.78, 5) is 0. The van der Waals surface area contributed by atoms with Gasteiger partial charge < -0.3 is 4.74 Å². The van der Waals surface area contributed by atoms with E-state index < -0.39 is 23.3 Å². The summed E-state index contributed by atoms with van der Waals surface area (Å²) in [5.74, 6) is -1.90. The van der Waals surface area contributed by atoms with Crippen molar-refractivity contribution < 1.29 is 22.3 Å². The molecule has 0 spiro atoms. The summed E-state index contributed by atoms with van der Waals surface area (Å²) in [6.45, 7) is 6.38. The number of hydrogen-bond acceptors (Lipinski definition) is 1. The topological polar surface area (TPSA) is 9.23 Å². The van der Waals surface area contributed by atoms with Gasteiger partial charge in [0.2, 0.25) is 5.82 Å². The molecule has 43 heavy (non-hydrogen) atoms. The summed E-state index contributed by atoms with van der Waals surface area (Å²) in [6.07, 6.45) is 15.6. The highest BCUT2D eigenvalue weighted by molar-refractivity contribution is 5.74. The smallest absolute Gasteiger partial charge is 0.201 e. The van der Waals surface area contributed by atoms with E-state index in [1.54, 1.807) is 36.4 Å². The number of halogens is 4. The van der Waals surface area contributed by atoms with Crippen LogP contribution in [0.25, 0.3) is 27.8 Å². The summed E-state index contributed by atoms with van der Waals surface area (Å²) in [5, 5.41) is 0. The molecular formula is C38H42F4O. The van der Waals surface area contributed by atoms with Gasteiger partial charge >= 0.3 is 0 Å². The van der Waals surface area contributed by atoms with Crippen LogP contribution in [0.4, 0.5) is 17.6 Å². The van der Waals surface area contributed by atoms with Crippen molar-refractivity contribution in [1.29, 1.82) is 0 Å². The minimum Gasteiger partial charge on any atom is -0.490 e. The van der Waals surface area contributed by atoms with Gasteiger partial charge in [-0.2, -0.15) is 4.39 Å². The number of rotatable bonds is 11. The molecule has 0 radical (unpaired) electrons. The lowest BCUT2D eigenvalue weighted by molar-refractivity contribution is 0.212. The van der Waals surface area contributed by atoms with Crippen molar-refractivity contribution in [2.75, 3.05) is 6.61 Å². The zero-order chi connectivity index (χ0) is 30.3. The van der Waals surface area contributed by atoms with Crippen molar-refractivity contribution in [3.8, 4) is 28.0 Å². The fourth-order valence-corrected chi connectivity index (χ4v) is 6.81. The largest absolute Gasteiger partial charge is 0.490 e. The molecule has 0 bridgehead atoms. The number of unbranched alkanes of at least 4 members (excludes halogenated alkanes) is 3. The van der Waals surface area contributed by atoms with E-state index in [2.05, 4.69) is 25.7 Å². The van der Waals surface area contributed by atoms with Crippen LogP contribution in [0.1, 0.15) is 83.1 Å². The van der Waals surface area contributed by atoms with Gasteiger partial charge in [0.25, 0.3) is 0 Å². The second-order valence-corrected chi connectivity index (χ2v) is 12.2. The summed E-state index contributed by atoms with van der Waals surface area (Å²) >= 11 is 0. The van der Waals surface area contributed by atoms with Crippen LogP contribution in [0.2, 0.25) is 0 Å². The molecule has 1 atom stereocenters. The molecule has 5 rings (SSSR count). The Morgan fingerprint density at radius 1 is 0.698 bits per heavy atom. The summed E-state index contributed by atoms with van der Waals surface area (Å²) < 4.78 is 65.8. The van der Waals surface area contributed by atoms with E-state index in [0.717, 1.165) is 50.5 Å². The Morgan fingerprint density at radius 2 is 1.30 bits per heavy atom. The second kappa shape index (κ2) is 14.4. The lowest BCUT2D eigenvalue weighted by atomic mass is 9.71. The van der Waals surface area contributed by atoms with E-state index in [1.807, 2.05) is 0 Å². The fraction of sp³-hybridized carbons (Fsp3) is 0.421. The number of hydrogen-bond donors (Lipinski definition) is 0. The van der Waals surface area contributed by atoms with E-state index in [-0.39, 0.29) is 16.9 Å². The molecule has 2 aliphatic rings. The van der Waals surface area contributed by atoms with Gasteiger partial charge in [0, 0.05) is 16.7 Å². The summed E-state index contributed by atoms with van der Waals surface area (Å²) in [5.41, 5.74) is 2.33. The molecule has 0 saturated heterocycles. The summed E-state index contributed by atoms with van der Waals surface area (Å²) in [6, 6.07) is 12.6. The Morgan fingerprint density at radius 3 is 1.91 bits per heavy atom. The average molecular weight is 591 g/mol. The Balaban J connectivity index is 1.26. The van der Waals surface area contributed by atoms with Gasteiger partial charge in [-0.3, -0.25) is 0 Å². The minimum absolute atomic E-state index is 0.0840. The molecular weight excluding hydrogens is 548 g/mol. The first-order chi connectivity index (χ1) is 20.9. The molecule has 0 aliphatic heterocycles. The van der Waals surface area contributed by atoms with Crippen LogP contribution in [0.3, 0.4) is 0 Å². The Kier molecular flexibility index (Phi) is 10.4. The first kappa shape index (κ1) is 31.1. The van der Waals surface area contributed by atoms with Gasteiger partial charge in [0.05, 0.1) is 6.61 Å². The van der Waals surface area contributed by atoms with Crippen LogP contribution < -0.4 is 4.74 Å². The third kappa shape index (κ3) is 7.08. The maximum absolute atomic E-state index is 15.4. The van der Waals surface area contributed by atoms with Crippen LogP contribution in [-0.4, -0.2) is 6.61 Å². The van der Waals surface area contributed by atoms with Gasteiger partial charge in [0.15, 0.2) is 23.2 Å². The highest BCUT2D eigenvalue weighted by Crippen LogP contribution is 2.42. The molecule has 1 unspecified atom stereocenters. The average Bonchev–Trinajstić information content (AvgIpc) is 3.04. The lowest BCUT2D eigenvalue weighted by Crippen LogP contribution is -2.22. The first-order valence-corrected chi connectivity index (χ1v) is 15.9. The second-order valence-electron chi connectivity index (χ2n) is 12.2. The van der Waals surface area contributed by atoms with Crippen molar-refractivity contribution >= 4 is 5.57 Å². The van der Waals surface area contributed by atoms with E-state index >= 15 is 8.78 Å². The van der Waals surface area contributed by atoms with Crippen LogP contribution in [0, 0.1) is 41.0 Å². The van der Waals surface area contributed by atoms with Crippen molar-refractivity contribution in [2.24, 2.45) is 17.8 Å². The predicted molar refractivity (Wildman–Crippen MR) is 168 cm³/mol. The quantitative estimate of drug-likeness (QED) is 0.123. The molecule has 1 nitrogen and oxygen atoms in total. The Labute approximate surface area is 253 Å². The van der Waals surface area contributed by atoms with E-state index in [9.17, 15) is 8.78 Å². The van der Waals surface area contributed by atoms with Crippen LogP contribution >= 0.6 is 0 Å². The number of allylic oxidation sites excluding steroid dienone is 3. The molecule has 1 fully saturated rings. The molecule has 0 N–H and O–H groups in total. The van der Waals surface area contributed by atoms with E-state index in [1.165, 1.54) is 37.8 Å². The van der Waals surface area contributed by atoms with Gasteiger partial charge in [-0.1, -0.05) is 74.7 Å². The molecule has 1 saturated carbocycles. The third-order valence-corrected chi connectivity index (χ3v) is 9.51. The molecule has 5 heteroatoms. The van der Waals surface area contributed by atoms with Crippen LogP contribution in [-0.2, 0) is 0 Å². The first-order valence-electron chi connectivity index (χ1n) is 15.9. The molecule has 3 aromatic rings. The molecule has 228 valence electrons. The normalized spacial score (nSPS) is 20.5.